The van der Waals surface area contributed by atoms with Gasteiger partial charge >= 0.3 is 0 Å². The summed E-state index contributed by atoms with van der Waals surface area (Å²) in [4.78, 5) is 4.52. The summed E-state index contributed by atoms with van der Waals surface area (Å²) in [6.45, 7) is 8.23. The summed E-state index contributed by atoms with van der Waals surface area (Å²) in [5.41, 5.74) is 9.76. The van der Waals surface area contributed by atoms with Crippen molar-refractivity contribution >= 4 is 0 Å². The van der Waals surface area contributed by atoms with Crippen molar-refractivity contribution in [2.45, 2.75) is 33.7 Å². The summed E-state index contributed by atoms with van der Waals surface area (Å²) in [5, 5.41) is 0. The minimum atomic E-state index is -0.0204. The SMILES string of the molecule is Cc1ccc(C)c(C(NN)c2ccc(C)nc2C)c1. The number of aromatic nitrogens is 1. The summed E-state index contributed by atoms with van der Waals surface area (Å²) in [6, 6.07) is 10.5. The Kier molecular flexibility index (Phi) is 3.98. The molecule has 0 amide bonds. The van der Waals surface area contributed by atoms with Crippen LogP contribution in [0.1, 0.15) is 39.7 Å². The van der Waals surface area contributed by atoms with Gasteiger partial charge in [-0.05, 0) is 50.5 Å². The highest BCUT2D eigenvalue weighted by Crippen LogP contribution is 2.26. The Balaban J connectivity index is 2.52. The first-order valence-electron chi connectivity index (χ1n) is 6.50. The zero-order valence-corrected chi connectivity index (χ0v) is 12.0. The fraction of sp³-hybridized carbons (Fsp3) is 0.312. The molecule has 2 aromatic rings. The van der Waals surface area contributed by atoms with E-state index in [9.17, 15) is 0 Å². The van der Waals surface area contributed by atoms with Crippen LogP contribution < -0.4 is 11.3 Å². The third-order valence-electron chi connectivity index (χ3n) is 3.49. The Hall–Kier alpha value is -1.71. The molecule has 3 nitrogen and oxygen atoms in total. The fourth-order valence-corrected chi connectivity index (χ4v) is 2.42. The van der Waals surface area contributed by atoms with Crippen LogP contribution in [0, 0.1) is 27.7 Å². The zero-order valence-electron chi connectivity index (χ0n) is 12.0. The zero-order chi connectivity index (χ0) is 14.0. The molecule has 0 aliphatic heterocycles. The van der Waals surface area contributed by atoms with Gasteiger partial charge in [-0.3, -0.25) is 10.8 Å². The lowest BCUT2D eigenvalue weighted by Crippen LogP contribution is -2.30. The molecule has 3 heteroatoms. The fourth-order valence-electron chi connectivity index (χ4n) is 2.42. The molecule has 100 valence electrons. The maximum atomic E-state index is 5.78. The summed E-state index contributed by atoms with van der Waals surface area (Å²) < 4.78 is 0. The Morgan fingerprint density at radius 1 is 1.00 bits per heavy atom. The topological polar surface area (TPSA) is 50.9 Å². The van der Waals surface area contributed by atoms with Crippen molar-refractivity contribution in [3.8, 4) is 0 Å². The molecule has 1 unspecified atom stereocenters. The van der Waals surface area contributed by atoms with Gasteiger partial charge in [-0.15, -0.1) is 0 Å². The lowest BCUT2D eigenvalue weighted by atomic mass is 9.93. The first-order chi connectivity index (χ1) is 9.02. The van der Waals surface area contributed by atoms with Crippen LogP contribution in [0.5, 0.6) is 0 Å². The number of benzene rings is 1. The molecule has 19 heavy (non-hydrogen) atoms. The molecule has 0 fully saturated rings. The van der Waals surface area contributed by atoms with E-state index in [4.69, 9.17) is 5.84 Å². The van der Waals surface area contributed by atoms with E-state index in [2.05, 4.69) is 48.5 Å². The van der Waals surface area contributed by atoms with Crippen molar-refractivity contribution in [3.63, 3.8) is 0 Å². The van der Waals surface area contributed by atoms with Gasteiger partial charge in [0.05, 0.1) is 6.04 Å². The Bertz CT molecular complexity index is 591. The molecule has 0 saturated heterocycles. The van der Waals surface area contributed by atoms with E-state index in [1.807, 2.05) is 19.9 Å². The lowest BCUT2D eigenvalue weighted by Gasteiger charge is -2.21. The van der Waals surface area contributed by atoms with Gasteiger partial charge in [0.15, 0.2) is 0 Å². The van der Waals surface area contributed by atoms with Crippen molar-refractivity contribution < 1.29 is 0 Å². The summed E-state index contributed by atoms with van der Waals surface area (Å²) in [6.07, 6.45) is 0. The number of nitrogens with one attached hydrogen (secondary N) is 1. The smallest absolute Gasteiger partial charge is 0.0730 e. The number of hydrogen-bond donors (Lipinski definition) is 2. The largest absolute Gasteiger partial charge is 0.271 e. The van der Waals surface area contributed by atoms with Crippen LogP contribution in [0.4, 0.5) is 0 Å². The van der Waals surface area contributed by atoms with Crippen LogP contribution >= 0.6 is 0 Å². The van der Waals surface area contributed by atoms with Crippen molar-refractivity contribution in [1.82, 2.24) is 10.4 Å². The number of hydrazine groups is 1. The van der Waals surface area contributed by atoms with Gasteiger partial charge in [-0.1, -0.05) is 29.8 Å². The molecule has 0 bridgehead atoms. The minimum Gasteiger partial charge on any atom is -0.271 e. The summed E-state index contributed by atoms with van der Waals surface area (Å²) >= 11 is 0. The predicted octanol–water partition coefficient (Wildman–Crippen LogP) is 2.87. The highest BCUT2D eigenvalue weighted by Gasteiger charge is 2.17. The highest BCUT2D eigenvalue weighted by molar-refractivity contribution is 5.40. The maximum Gasteiger partial charge on any atom is 0.0730 e. The molecule has 0 radical (unpaired) electrons. The van der Waals surface area contributed by atoms with Crippen LogP contribution in [-0.2, 0) is 0 Å². The average Bonchev–Trinajstić information content (AvgIpc) is 2.36. The van der Waals surface area contributed by atoms with Crippen LogP contribution in [0.3, 0.4) is 0 Å². The Labute approximate surface area is 114 Å². The number of pyridine rings is 1. The molecule has 0 spiro atoms. The van der Waals surface area contributed by atoms with E-state index < -0.39 is 0 Å². The van der Waals surface area contributed by atoms with Crippen LogP contribution in [0.2, 0.25) is 0 Å². The summed E-state index contributed by atoms with van der Waals surface area (Å²) in [5.74, 6) is 5.78. The second-order valence-electron chi connectivity index (χ2n) is 5.09. The van der Waals surface area contributed by atoms with Gasteiger partial charge in [0, 0.05) is 11.4 Å². The third kappa shape index (κ3) is 2.83. The molecule has 1 aromatic carbocycles. The quantitative estimate of drug-likeness (QED) is 0.655. The molecule has 1 aromatic heterocycles. The molecule has 0 aliphatic carbocycles. The molecular weight excluding hydrogens is 234 g/mol. The second kappa shape index (κ2) is 5.51. The van der Waals surface area contributed by atoms with Crippen LogP contribution in [0.15, 0.2) is 30.3 Å². The van der Waals surface area contributed by atoms with Crippen LogP contribution in [-0.4, -0.2) is 4.98 Å². The van der Waals surface area contributed by atoms with Gasteiger partial charge < -0.3 is 0 Å². The van der Waals surface area contributed by atoms with Gasteiger partial charge in [0.2, 0.25) is 0 Å². The van der Waals surface area contributed by atoms with Gasteiger partial charge in [0.1, 0.15) is 0 Å². The second-order valence-corrected chi connectivity index (χ2v) is 5.09. The maximum absolute atomic E-state index is 5.78. The molecule has 2 rings (SSSR count). The normalized spacial score (nSPS) is 12.5. The van der Waals surface area contributed by atoms with E-state index in [1.54, 1.807) is 0 Å². The molecule has 0 aliphatic rings. The minimum absolute atomic E-state index is 0.0204. The van der Waals surface area contributed by atoms with Crippen molar-refractivity contribution in [2.24, 2.45) is 5.84 Å². The van der Waals surface area contributed by atoms with Crippen molar-refractivity contribution in [3.05, 3.63) is 64.0 Å². The Morgan fingerprint density at radius 3 is 2.37 bits per heavy atom. The molecular formula is C16H21N3. The number of rotatable bonds is 3. The number of nitrogens with zero attached hydrogens (tertiary/aromatic N) is 1. The monoisotopic (exact) mass is 255 g/mol. The average molecular weight is 255 g/mol. The number of nitrogens with two attached hydrogens (primary N) is 1. The predicted molar refractivity (Wildman–Crippen MR) is 78.8 cm³/mol. The Morgan fingerprint density at radius 2 is 1.74 bits per heavy atom. The summed E-state index contributed by atoms with van der Waals surface area (Å²) in [7, 11) is 0. The van der Waals surface area contributed by atoms with Crippen molar-refractivity contribution in [2.75, 3.05) is 0 Å². The van der Waals surface area contributed by atoms with E-state index in [0.717, 1.165) is 17.0 Å². The number of aryl methyl sites for hydroxylation is 4. The number of hydrogen-bond acceptors (Lipinski definition) is 3. The van der Waals surface area contributed by atoms with Crippen LogP contribution in [0.25, 0.3) is 0 Å². The van der Waals surface area contributed by atoms with E-state index in [-0.39, 0.29) is 6.04 Å². The highest BCUT2D eigenvalue weighted by atomic mass is 15.2. The van der Waals surface area contributed by atoms with Crippen molar-refractivity contribution in [1.29, 1.82) is 0 Å². The first kappa shape index (κ1) is 13.7. The third-order valence-corrected chi connectivity index (χ3v) is 3.49. The molecule has 1 atom stereocenters. The molecule has 3 N–H and O–H groups in total. The van der Waals surface area contributed by atoms with E-state index in [1.165, 1.54) is 16.7 Å². The molecule has 1 heterocycles. The molecule has 0 saturated carbocycles. The van der Waals surface area contributed by atoms with Gasteiger partial charge in [0.25, 0.3) is 0 Å². The lowest BCUT2D eigenvalue weighted by molar-refractivity contribution is 0.626. The first-order valence-corrected chi connectivity index (χ1v) is 6.50. The van der Waals surface area contributed by atoms with E-state index >= 15 is 0 Å². The standard InChI is InChI=1S/C16H21N3/c1-10-5-6-11(2)15(9-10)16(19-17)14-8-7-12(3)18-13(14)4/h5-9,16,19H,17H2,1-4H3. The van der Waals surface area contributed by atoms with Gasteiger partial charge in [-0.2, -0.15) is 0 Å². The van der Waals surface area contributed by atoms with Gasteiger partial charge in [-0.25, -0.2) is 5.43 Å². The van der Waals surface area contributed by atoms with E-state index in [0.29, 0.717) is 0 Å².